The molecule has 0 atom stereocenters. The van der Waals surface area contributed by atoms with E-state index in [-0.39, 0.29) is 10.5 Å². The number of thiol groups is 1. The van der Waals surface area contributed by atoms with Crippen molar-refractivity contribution in [2.75, 3.05) is 0 Å². The van der Waals surface area contributed by atoms with Crippen molar-refractivity contribution in [2.45, 2.75) is 4.90 Å². The summed E-state index contributed by atoms with van der Waals surface area (Å²) in [5.41, 5.74) is 0.240. The van der Waals surface area contributed by atoms with E-state index >= 15 is 0 Å². The van der Waals surface area contributed by atoms with Crippen molar-refractivity contribution in [1.82, 2.24) is 0 Å². The van der Waals surface area contributed by atoms with E-state index in [1.165, 1.54) is 6.07 Å². The highest BCUT2D eigenvalue weighted by atomic mass is 32.2. The third kappa shape index (κ3) is 1.64. The molecule has 0 bridgehead atoms. The van der Waals surface area contributed by atoms with Gasteiger partial charge in [0.1, 0.15) is 0 Å². The predicted octanol–water partition coefficient (Wildman–Crippen LogP) is 1.62. The second kappa shape index (κ2) is 3.82. The standard InChI is InChI=1S/C11H8O3S/c12-7-10-9-4-2-1-3-8(9)5-6-11(10)15(13)14/h1-7,15H. The summed E-state index contributed by atoms with van der Waals surface area (Å²) in [6, 6.07) is 10.3. The van der Waals surface area contributed by atoms with Crippen molar-refractivity contribution in [2.24, 2.45) is 0 Å². The lowest BCUT2D eigenvalue weighted by atomic mass is 10.1. The molecule has 2 aromatic carbocycles. The van der Waals surface area contributed by atoms with Crippen LogP contribution in [0, 0.1) is 0 Å². The molecular formula is C11H8O3S. The third-order valence-corrected chi connectivity index (χ3v) is 3.05. The number of carbonyl (C=O) groups excluding carboxylic acids is 1. The van der Waals surface area contributed by atoms with Gasteiger partial charge in [0.15, 0.2) is 17.0 Å². The Kier molecular flexibility index (Phi) is 2.51. The first-order valence-electron chi connectivity index (χ1n) is 4.35. The Morgan fingerprint density at radius 1 is 1.00 bits per heavy atom. The molecular weight excluding hydrogens is 212 g/mol. The van der Waals surface area contributed by atoms with Gasteiger partial charge in [0.05, 0.1) is 4.90 Å². The van der Waals surface area contributed by atoms with Gasteiger partial charge in [-0.3, -0.25) is 4.79 Å². The van der Waals surface area contributed by atoms with Crippen LogP contribution in [-0.2, 0) is 10.7 Å². The molecule has 0 unspecified atom stereocenters. The van der Waals surface area contributed by atoms with Gasteiger partial charge in [-0.05, 0) is 16.8 Å². The molecule has 0 aliphatic heterocycles. The van der Waals surface area contributed by atoms with Crippen molar-refractivity contribution < 1.29 is 13.2 Å². The maximum absolute atomic E-state index is 10.9. The minimum absolute atomic E-state index is 0.0821. The van der Waals surface area contributed by atoms with E-state index in [4.69, 9.17) is 0 Å². The van der Waals surface area contributed by atoms with Crippen molar-refractivity contribution in [1.29, 1.82) is 0 Å². The molecule has 0 spiro atoms. The lowest BCUT2D eigenvalue weighted by Gasteiger charge is -2.02. The van der Waals surface area contributed by atoms with E-state index < -0.39 is 10.7 Å². The topological polar surface area (TPSA) is 51.2 Å². The molecule has 0 radical (unpaired) electrons. The summed E-state index contributed by atoms with van der Waals surface area (Å²) in [4.78, 5) is 11.0. The quantitative estimate of drug-likeness (QED) is 0.618. The van der Waals surface area contributed by atoms with E-state index in [1.54, 1.807) is 18.2 Å². The minimum atomic E-state index is -2.73. The van der Waals surface area contributed by atoms with Crippen LogP contribution in [0.3, 0.4) is 0 Å². The van der Waals surface area contributed by atoms with Gasteiger partial charge >= 0.3 is 0 Å². The van der Waals surface area contributed by atoms with E-state index in [0.29, 0.717) is 11.7 Å². The number of benzene rings is 2. The Balaban J connectivity index is 2.93. The van der Waals surface area contributed by atoms with Crippen LogP contribution >= 0.6 is 0 Å². The predicted molar refractivity (Wildman–Crippen MR) is 57.9 cm³/mol. The fourth-order valence-corrected chi connectivity index (χ4v) is 2.13. The van der Waals surface area contributed by atoms with Crippen LogP contribution in [0.5, 0.6) is 0 Å². The Morgan fingerprint density at radius 3 is 2.40 bits per heavy atom. The molecule has 0 fully saturated rings. The number of fused-ring (bicyclic) bond motifs is 1. The largest absolute Gasteiger partial charge is 0.298 e. The molecule has 0 aliphatic rings. The number of carbonyl (C=O) groups is 1. The molecule has 0 N–H and O–H groups in total. The summed E-state index contributed by atoms with van der Waals surface area (Å²) in [6.45, 7) is 0. The third-order valence-electron chi connectivity index (χ3n) is 2.26. The van der Waals surface area contributed by atoms with Gasteiger partial charge in [0, 0.05) is 5.56 Å². The fraction of sp³-hybridized carbons (Fsp3) is 0. The molecule has 0 amide bonds. The first-order valence-corrected chi connectivity index (χ1v) is 5.53. The van der Waals surface area contributed by atoms with Crippen LogP contribution in [0.25, 0.3) is 10.8 Å². The van der Waals surface area contributed by atoms with Gasteiger partial charge in [-0.2, -0.15) is 0 Å². The Hall–Kier alpha value is -1.68. The van der Waals surface area contributed by atoms with Gasteiger partial charge in [0.25, 0.3) is 0 Å². The lowest BCUT2D eigenvalue weighted by Crippen LogP contribution is -1.91. The summed E-state index contributed by atoms with van der Waals surface area (Å²) in [5, 5.41) is 1.53. The van der Waals surface area contributed by atoms with Crippen LogP contribution in [0.1, 0.15) is 10.4 Å². The number of rotatable bonds is 2. The van der Waals surface area contributed by atoms with Crippen LogP contribution < -0.4 is 0 Å². The van der Waals surface area contributed by atoms with Gasteiger partial charge in [-0.1, -0.05) is 30.3 Å². The minimum Gasteiger partial charge on any atom is -0.298 e. The molecule has 0 heterocycles. The fourth-order valence-electron chi connectivity index (χ4n) is 1.57. The zero-order chi connectivity index (χ0) is 10.8. The first-order chi connectivity index (χ1) is 7.24. The highest BCUT2D eigenvalue weighted by molar-refractivity contribution is 7.72. The maximum atomic E-state index is 10.9. The molecule has 76 valence electrons. The highest BCUT2D eigenvalue weighted by Gasteiger charge is 2.07. The second-order valence-corrected chi connectivity index (χ2v) is 4.09. The maximum Gasteiger partial charge on any atom is 0.169 e. The SMILES string of the molecule is O=Cc1c([SH](=O)=O)ccc2ccccc12. The molecule has 4 heteroatoms. The van der Waals surface area contributed by atoms with E-state index in [1.807, 2.05) is 12.1 Å². The zero-order valence-electron chi connectivity index (χ0n) is 7.71. The van der Waals surface area contributed by atoms with Gasteiger partial charge in [0.2, 0.25) is 0 Å². The molecule has 0 aliphatic carbocycles. The Morgan fingerprint density at radius 2 is 1.73 bits per heavy atom. The average Bonchev–Trinajstić information content (AvgIpc) is 2.27. The van der Waals surface area contributed by atoms with Gasteiger partial charge in [-0.15, -0.1) is 0 Å². The van der Waals surface area contributed by atoms with Crippen LogP contribution in [0.2, 0.25) is 0 Å². The molecule has 0 saturated heterocycles. The zero-order valence-corrected chi connectivity index (χ0v) is 8.61. The molecule has 0 saturated carbocycles. The van der Waals surface area contributed by atoms with Crippen LogP contribution in [0.4, 0.5) is 0 Å². The smallest absolute Gasteiger partial charge is 0.169 e. The number of hydrogen-bond acceptors (Lipinski definition) is 3. The monoisotopic (exact) mass is 220 g/mol. The van der Waals surface area contributed by atoms with Crippen molar-refractivity contribution in [3.63, 3.8) is 0 Å². The Labute approximate surface area is 88.3 Å². The Bertz CT molecular complexity index is 592. The molecule has 2 aromatic rings. The van der Waals surface area contributed by atoms with Gasteiger partial charge < -0.3 is 0 Å². The second-order valence-electron chi connectivity index (χ2n) is 3.09. The molecule has 3 nitrogen and oxygen atoms in total. The summed E-state index contributed by atoms with van der Waals surface area (Å²) in [5.74, 6) is 0. The summed E-state index contributed by atoms with van der Waals surface area (Å²) >= 11 is 0. The number of hydrogen-bond donors (Lipinski definition) is 1. The van der Waals surface area contributed by atoms with Crippen LogP contribution in [0.15, 0.2) is 41.3 Å². The molecule has 2 rings (SSSR count). The normalized spacial score (nSPS) is 10.7. The highest BCUT2D eigenvalue weighted by Crippen LogP contribution is 2.21. The van der Waals surface area contributed by atoms with Crippen molar-refractivity contribution in [3.8, 4) is 0 Å². The average molecular weight is 220 g/mol. The van der Waals surface area contributed by atoms with Gasteiger partial charge in [-0.25, -0.2) is 8.42 Å². The summed E-state index contributed by atoms with van der Waals surface area (Å²) in [6.07, 6.45) is 0.586. The van der Waals surface area contributed by atoms with Crippen molar-refractivity contribution >= 4 is 27.8 Å². The van der Waals surface area contributed by atoms with E-state index in [2.05, 4.69) is 0 Å². The molecule has 0 aromatic heterocycles. The van der Waals surface area contributed by atoms with E-state index in [0.717, 1.165) is 5.39 Å². The summed E-state index contributed by atoms with van der Waals surface area (Å²) in [7, 11) is -2.73. The summed E-state index contributed by atoms with van der Waals surface area (Å²) < 4.78 is 21.8. The molecule has 15 heavy (non-hydrogen) atoms. The lowest BCUT2D eigenvalue weighted by molar-refractivity contribution is 0.112. The first kappa shape index (κ1) is 9.86. The van der Waals surface area contributed by atoms with Crippen LogP contribution in [-0.4, -0.2) is 14.7 Å². The number of aldehydes is 1. The van der Waals surface area contributed by atoms with Crippen molar-refractivity contribution in [3.05, 3.63) is 42.0 Å². The van der Waals surface area contributed by atoms with E-state index in [9.17, 15) is 13.2 Å².